The zero-order valence-electron chi connectivity index (χ0n) is 13.8. The van der Waals surface area contributed by atoms with E-state index < -0.39 is 0 Å². The fourth-order valence-corrected chi connectivity index (χ4v) is 1.86. The number of nitrogens with zero attached hydrogens (tertiary/aromatic N) is 1. The summed E-state index contributed by atoms with van der Waals surface area (Å²) in [7, 11) is 0. The number of carbonyl (C=O) groups excluding carboxylic acids is 1. The molecule has 0 bridgehead atoms. The first-order chi connectivity index (χ1) is 9.45. The number of amides is 1. The highest BCUT2D eigenvalue weighted by molar-refractivity contribution is 5.80. The van der Waals surface area contributed by atoms with Crippen LogP contribution in [0.1, 0.15) is 53.9 Å². The van der Waals surface area contributed by atoms with Crippen molar-refractivity contribution >= 4 is 11.9 Å². The van der Waals surface area contributed by atoms with Crippen LogP contribution in [0.5, 0.6) is 0 Å². The molecule has 0 aliphatic rings. The molecule has 5 nitrogen and oxygen atoms in total. The van der Waals surface area contributed by atoms with E-state index in [4.69, 9.17) is 0 Å². The molecule has 0 saturated carbocycles. The first-order valence-corrected chi connectivity index (χ1v) is 7.75. The second-order valence-corrected chi connectivity index (χ2v) is 5.61. The zero-order valence-corrected chi connectivity index (χ0v) is 13.8. The SMILES string of the molecule is CCNC(=NCCNC(C)=O)NC(C)CCCC(C)C. The molecule has 1 atom stereocenters. The van der Waals surface area contributed by atoms with Crippen LogP contribution in [0, 0.1) is 5.92 Å². The number of carbonyl (C=O) groups is 1. The average Bonchev–Trinajstić information content (AvgIpc) is 2.34. The molecule has 0 aromatic rings. The second kappa shape index (κ2) is 11.6. The Kier molecular flexibility index (Phi) is 10.8. The van der Waals surface area contributed by atoms with Crippen molar-refractivity contribution in [2.75, 3.05) is 19.6 Å². The highest BCUT2D eigenvalue weighted by Crippen LogP contribution is 2.07. The summed E-state index contributed by atoms with van der Waals surface area (Å²) in [5, 5.41) is 9.37. The van der Waals surface area contributed by atoms with Crippen LogP contribution in [0.2, 0.25) is 0 Å². The Morgan fingerprint density at radius 1 is 1.15 bits per heavy atom. The number of nitrogens with one attached hydrogen (secondary N) is 3. The molecule has 20 heavy (non-hydrogen) atoms. The Labute approximate surface area is 124 Å². The van der Waals surface area contributed by atoms with Crippen molar-refractivity contribution in [1.29, 1.82) is 0 Å². The monoisotopic (exact) mass is 284 g/mol. The van der Waals surface area contributed by atoms with Gasteiger partial charge in [0.25, 0.3) is 0 Å². The summed E-state index contributed by atoms with van der Waals surface area (Å²) in [5.74, 6) is 1.58. The molecule has 3 N–H and O–H groups in total. The molecule has 0 fully saturated rings. The first-order valence-electron chi connectivity index (χ1n) is 7.75. The van der Waals surface area contributed by atoms with E-state index in [-0.39, 0.29) is 5.91 Å². The predicted molar refractivity (Wildman–Crippen MR) is 85.9 cm³/mol. The van der Waals surface area contributed by atoms with Crippen molar-refractivity contribution in [3.8, 4) is 0 Å². The van der Waals surface area contributed by atoms with Crippen molar-refractivity contribution in [2.45, 2.75) is 59.9 Å². The molecule has 5 heteroatoms. The smallest absolute Gasteiger partial charge is 0.216 e. The van der Waals surface area contributed by atoms with Crippen LogP contribution in [0.25, 0.3) is 0 Å². The highest BCUT2D eigenvalue weighted by atomic mass is 16.1. The van der Waals surface area contributed by atoms with Gasteiger partial charge in [-0.05, 0) is 26.2 Å². The largest absolute Gasteiger partial charge is 0.357 e. The summed E-state index contributed by atoms with van der Waals surface area (Å²) in [4.78, 5) is 15.2. The number of guanidine groups is 1. The molecule has 1 unspecified atom stereocenters. The topological polar surface area (TPSA) is 65.5 Å². The molecule has 0 aromatic carbocycles. The quantitative estimate of drug-likeness (QED) is 0.344. The molecule has 0 radical (unpaired) electrons. The maximum absolute atomic E-state index is 10.8. The van der Waals surface area contributed by atoms with Crippen LogP contribution in [-0.4, -0.2) is 37.5 Å². The lowest BCUT2D eigenvalue weighted by molar-refractivity contribution is -0.118. The Morgan fingerprint density at radius 2 is 1.85 bits per heavy atom. The molecule has 0 aliphatic heterocycles. The van der Waals surface area contributed by atoms with Gasteiger partial charge < -0.3 is 16.0 Å². The molecule has 0 spiro atoms. The van der Waals surface area contributed by atoms with Crippen molar-refractivity contribution in [2.24, 2.45) is 10.9 Å². The number of rotatable bonds is 9. The summed E-state index contributed by atoms with van der Waals surface area (Å²) >= 11 is 0. The van der Waals surface area contributed by atoms with Crippen LogP contribution in [0.15, 0.2) is 4.99 Å². The van der Waals surface area contributed by atoms with E-state index in [1.807, 2.05) is 0 Å². The van der Waals surface area contributed by atoms with E-state index in [9.17, 15) is 4.79 Å². The fraction of sp³-hybridized carbons (Fsp3) is 0.867. The van der Waals surface area contributed by atoms with Crippen LogP contribution in [-0.2, 0) is 4.79 Å². The summed E-state index contributed by atoms with van der Waals surface area (Å²) in [6.45, 7) is 12.3. The van der Waals surface area contributed by atoms with E-state index in [0.29, 0.717) is 19.1 Å². The molecular weight excluding hydrogens is 252 g/mol. The maximum atomic E-state index is 10.8. The lowest BCUT2D eigenvalue weighted by Crippen LogP contribution is -2.42. The lowest BCUT2D eigenvalue weighted by atomic mass is 10.0. The van der Waals surface area contributed by atoms with Crippen molar-refractivity contribution < 1.29 is 4.79 Å². The van der Waals surface area contributed by atoms with Crippen LogP contribution >= 0.6 is 0 Å². The van der Waals surface area contributed by atoms with E-state index in [1.165, 1.54) is 19.8 Å². The second-order valence-electron chi connectivity index (χ2n) is 5.61. The minimum Gasteiger partial charge on any atom is -0.357 e. The highest BCUT2D eigenvalue weighted by Gasteiger charge is 2.05. The molecule has 0 aromatic heterocycles. The van der Waals surface area contributed by atoms with Gasteiger partial charge in [0.05, 0.1) is 6.54 Å². The molecule has 0 rings (SSSR count). The lowest BCUT2D eigenvalue weighted by Gasteiger charge is -2.18. The summed E-state index contributed by atoms with van der Waals surface area (Å²) < 4.78 is 0. The van der Waals surface area contributed by atoms with Gasteiger partial charge in [0.15, 0.2) is 5.96 Å². The predicted octanol–water partition coefficient (Wildman–Crippen LogP) is 1.89. The minimum atomic E-state index is -0.0137. The van der Waals surface area contributed by atoms with Gasteiger partial charge >= 0.3 is 0 Å². The van der Waals surface area contributed by atoms with Gasteiger partial charge in [0.2, 0.25) is 5.91 Å². The summed E-state index contributed by atoms with van der Waals surface area (Å²) in [6, 6.07) is 0.410. The summed E-state index contributed by atoms with van der Waals surface area (Å²) in [5.41, 5.74) is 0. The van der Waals surface area contributed by atoms with Gasteiger partial charge in [0.1, 0.15) is 0 Å². The molecule has 118 valence electrons. The Bertz CT molecular complexity index is 290. The van der Waals surface area contributed by atoms with Gasteiger partial charge in [-0.25, -0.2) is 0 Å². The normalized spacial score (nSPS) is 13.2. The van der Waals surface area contributed by atoms with Gasteiger partial charge in [-0.1, -0.05) is 26.7 Å². The number of hydrogen-bond acceptors (Lipinski definition) is 2. The Balaban J connectivity index is 4.03. The zero-order chi connectivity index (χ0) is 15.4. The molecule has 0 aliphatic carbocycles. The fourth-order valence-electron chi connectivity index (χ4n) is 1.86. The van der Waals surface area contributed by atoms with E-state index in [0.717, 1.165) is 24.8 Å². The Morgan fingerprint density at radius 3 is 2.40 bits per heavy atom. The minimum absolute atomic E-state index is 0.0137. The van der Waals surface area contributed by atoms with E-state index in [1.54, 1.807) is 0 Å². The van der Waals surface area contributed by atoms with Crippen LogP contribution < -0.4 is 16.0 Å². The standard InChI is InChI=1S/C15H32N4O/c1-6-16-15(18-11-10-17-14(5)20)19-13(4)9-7-8-12(2)3/h12-13H,6-11H2,1-5H3,(H,17,20)(H2,16,18,19). The molecule has 1 amide bonds. The van der Waals surface area contributed by atoms with Crippen molar-refractivity contribution in [3.05, 3.63) is 0 Å². The molecule has 0 heterocycles. The van der Waals surface area contributed by atoms with Gasteiger partial charge in [-0.15, -0.1) is 0 Å². The number of hydrogen-bond donors (Lipinski definition) is 3. The third-order valence-corrected chi connectivity index (χ3v) is 2.90. The third-order valence-electron chi connectivity index (χ3n) is 2.90. The Hall–Kier alpha value is -1.26. The average molecular weight is 284 g/mol. The molecular formula is C15H32N4O. The van der Waals surface area contributed by atoms with E-state index >= 15 is 0 Å². The summed E-state index contributed by atoms with van der Waals surface area (Å²) in [6.07, 6.45) is 3.65. The van der Waals surface area contributed by atoms with Crippen LogP contribution in [0.4, 0.5) is 0 Å². The van der Waals surface area contributed by atoms with Crippen molar-refractivity contribution in [3.63, 3.8) is 0 Å². The first kappa shape index (κ1) is 18.7. The van der Waals surface area contributed by atoms with Crippen molar-refractivity contribution in [1.82, 2.24) is 16.0 Å². The maximum Gasteiger partial charge on any atom is 0.216 e. The third kappa shape index (κ3) is 11.8. The number of aliphatic imine (C=N–C) groups is 1. The van der Waals surface area contributed by atoms with Gasteiger partial charge in [0, 0.05) is 26.1 Å². The molecule has 0 saturated heterocycles. The van der Waals surface area contributed by atoms with E-state index in [2.05, 4.69) is 48.6 Å². The van der Waals surface area contributed by atoms with Gasteiger partial charge in [-0.2, -0.15) is 0 Å². The van der Waals surface area contributed by atoms with Crippen LogP contribution in [0.3, 0.4) is 0 Å². The van der Waals surface area contributed by atoms with Gasteiger partial charge in [-0.3, -0.25) is 9.79 Å².